The third kappa shape index (κ3) is 1.83. The molecule has 1 aliphatic heterocycles. The van der Waals surface area contributed by atoms with E-state index in [0.29, 0.717) is 6.54 Å². The van der Waals surface area contributed by atoms with Crippen LogP contribution in [0.2, 0.25) is 0 Å². The Kier molecular flexibility index (Phi) is 2.22. The van der Waals surface area contributed by atoms with Gasteiger partial charge in [-0.05, 0) is 13.0 Å². The van der Waals surface area contributed by atoms with E-state index in [-0.39, 0.29) is 11.9 Å². The summed E-state index contributed by atoms with van der Waals surface area (Å²) in [5.41, 5.74) is 0.743. The van der Waals surface area contributed by atoms with Crippen molar-refractivity contribution >= 4 is 5.91 Å². The number of nitrogens with one attached hydrogen (secondary N) is 3. The number of H-pyrrole nitrogens is 1. The Hall–Kier alpha value is -1.43. The average molecular weight is 181 g/mol. The SMILES string of the molecule is O=C(NCc1cn[nH]n1)C1CCN1. The van der Waals surface area contributed by atoms with Crippen molar-refractivity contribution in [2.24, 2.45) is 0 Å². The molecule has 6 heteroatoms. The van der Waals surface area contributed by atoms with Crippen molar-refractivity contribution in [1.82, 2.24) is 26.0 Å². The summed E-state index contributed by atoms with van der Waals surface area (Å²) < 4.78 is 0. The van der Waals surface area contributed by atoms with E-state index in [0.717, 1.165) is 18.7 Å². The first kappa shape index (κ1) is 8.18. The molecule has 1 atom stereocenters. The number of amides is 1. The van der Waals surface area contributed by atoms with Gasteiger partial charge in [0.2, 0.25) is 5.91 Å². The van der Waals surface area contributed by atoms with Crippen molar-refractivity contribution in [3.05, 3.63) is 11.9 Å². The lowest BCUT2D eigenvalue weighted by Gasteiger charge is -2.25. The van der Waals surface area contributed by atoms with Gasteiger partial charge in [0.25, 0.3) is 0 Å². The van der Waals surface area contributed by atoms with Gasteiger partial charge in [0.1, 0.15) is 5.69 Å². The van der Waals surface area contributed by atoms with Crippen LogP contribution >= 0.6 is 0 Å². The van der Waals surface area contributed by atoms with Gasteiger partial charge < -0.3 is 10.6 Å². The lowest BCUT2D eigenvalue weighted by molar-refractivity contribution is -0.124. The molecule has 1 aliphatic rings. The van der Waals surface area contributed by atoms with Crippen molar-refractivity contribution in [3.8, 4) is 0 Å². The maximum absolute atomic E-state index is 11.3. The molecule has 1 saturated heterocycles. The molecule has 6 nitrogen and oxygen atoms in total. The molecule has 13 heavy (non-hydrogen) atoms. The molecule has 2 rings (SSSR count). The Morgan fingerprint density at radius 3 is 3.15 bits per heavy atom. The molecule has 3 N–H and O–H groups in total. The van der Waals surface area contributed by atoms with E-state index in [1.807, 2.05) is 0 Å². The summed E-state index contributed by atoms with van der Waals surface area (Å²) in [4.78, 5) is 11.3. The Morgan fingerprint density at radius 1 is 1.77 bits per heavy atom. The van der Waals surface area contributed by atoms with Gasteiger partial charge in [-0.2, -0.15) is 15.4 Å². The highest BCUT2D eigenvalue weighted by atomic mass is 16.2. The van der Waals surface area contributed by atoms with Gasteiger partial charge in [0, 0.05) is 0 Å². The average Bonchev–Trinajstić information content (AvgIpc) is 2.49. The van der Waals surface area contributed by atoms with E-state index in [1.165, 1.54) is 0 Å². The van der Waals surface area contributed by atoms with E-state index < -0.39 is 0 Å². The fourth-order valence-electron chi connectivity index (χ4n) is 1.12. The van der Waals surface area contributed by atoms with Crippen LogP contribution in [0.25, 0.3) is 0 Å². The zero-order chi connectivity index (χ0) is 9.10. The minimum absolute atomic E-state index is 0.00750. The Bertz CT molecular complexity index is 279. The van der Waals surface area contributed by atoms with E-state index in [9.17, 15) is 4.79 Å². The molecule has 0 bridgehead atoms. The molecule has 1 unspecified atom stereocenters. The molecule has 0 spiro atoms. The first-order valence-corrected chi connectivity index (χ1v) is 4.22. The molecule has 2 heterocycles. The quantitative estimate of drug-likeness (QED) is 0.546. The van der Waals surface area contributed by atoms with Gasteiger partial charge in [0.15, 0.2) is 0 Å². The summed E-state index contributed by atoms with van der Waals surface area (Å²) in [5, 5.41) is 15.7. The number of hydrogen-bond acceptors (Lipinski definition) is 4. The second-order valence-electron chi connectivity index (χ2n) is 2.97. The van der Waals surface area contributed by atoms with Crippen LogP contribution < -0.4 is 10.6 Å². The molecule has 1 aromatic heterocycles. The van der Waals surface area contributed by atoms with E-state index >= 15 is 0 Å². The lowest BCUT2D eigenvalue weighted by atomic mass is 10.1. The first-order valence-electron chi connectivity index (χ1n) is 4.22. The van der Waals surface area contributed by atoms with Gasteiger partial charge in [-0.15, -0.1) is 0 Å². The minimum Gasteiger partial charge on any atom is -0.349 e. The molecule has 0 saturated carbocycles. The number of aromatic amines is 1. The van der Waals surface area contributed by atoms with Gasteiger partial charge in [-0.1, -0.05) is 0 Å². The lowest BCUT2D eigenvalue weighted by Crippen LogP contribution is -2.52. The second kappa shape index (κ2) is 3.53. The summed E-state index contributed by atoms with van der Waals surface area (Å²) in [7, 11) is 0. The van der Waals surface area contributed by atoms with Crippen molar-refractivity contribution in [2.75, 3.05) is 6.54 Å². The molecule has 70 valence electrons. The van der Waals surface area contributed by atoms with Crippen molar-refractivity contribution < 1.29 is 4.79 Å². The normalized spacial score (nSPS) is 20.8. The molecule has 1 aromatic rings. The highest BCUT2D eigenvalue weighted by Gasteiger charge is 2.23. The zero-order valence-electron chi connectivity index (χ0n) is 7.08. The van der Waals surface area contributed by atoms with Crippen LogP contribution in [0.15, 0.2) is 6.20 Å². The molecule has 0 aliphatic carbocycles. The predicted molar refractivity (Wildman–Crippen MR) is 44.6 cm³/mol. The summed E-state index contributed by atoms with van der Waals surface area (Å²) in [6.45, 7) is 1.37. The molecule has 1 fully saturated rings. The minimum atomic E-state index is -0.00750. The predicted octanol–water partition coefficient (Wildman–Crippen LogP) is -1.22. The number of carbonyl (C=O) groups is 1. The highest BCUT2D eigenvalue weighted by Crippen LogP contribution is 2.01. The Labute approximate surface area is 75.1 Å². The summed E-state index contributed by atoms with van der Waals surface area (Å²) in [6.07, 6.45) is 2.51. The van der Waals surface area contributed by atoms with E-state index in [4.69, 9.17) is 0 Å². The Morgan fingerprint density at radius 2 is 2.62 bits per heavy atom. The third-order valence-corrected chi connectivity index (χ3v) is 2.05. The molecule has 1 amide bonds. The first-order chi connectivity index (χ1) is 6.36. The fourth-order valence-corrected chi connectivity index (χ4v) is 1.12. The van der Waals surface area contributed by atoms with Crippen LogP contribution in [0, 0.1) is 0 Å². The molecular weight excluding hydrogens is 170 g/mol. The summed E-state index contributed by atoms with van der Waals surface area (Å²) >= 11 is 0. The van der Waals surface area contributed by atoms with Crippen LogP contribution in [0.3, 0.4) is 0 Å². The summed E-state index contributed by atoms with van der Waals surface area (Å²) in [5.74, 6) is 0.0363. The largest absolute Gasteiger partial charge is 0.349 e. The smallest absolute Gasteiger partial charge is 0.237 e. The molecular formula is C7H11N5O. The molecule has 0 aromatic carbocycles. The van der Waals surface area contributed by atoms with Crippen LogP contribution in [-0.4, -0.2) is 33.9 Å². The van der Waals surface area contributed by atoms with E-state index in [1.54, 1.807) is 6.20 Å². The number of nitrogens with zero attached hydrogens (tertiary/aromatic N) is 2. The van der Waals surface area contributed by atoms with Gasteiger partial charge in [-0.3, -0.25) is 4.79 Å². The van der Waals surface area contributed by atoms with Crippen molar-refractivity contribution in [1.29, 1.82) is 0 Å². The van der Waals surface area contributed by atoms with Crippen molar-refractivity contribution in [3.63, 3.8) is 0 Å². The monoisotopic (exact) mass is 181 g/mol. The highest BCUT2D eigenvalue weighted by molar-refractivity contribution is 5.82. The number of rotatable bonds is 3. The maximum atomic E-state index is 11.3. The standard InChI is InChI=1S/C7H11N5O/c13-7(6-1-2-8-6)9-3-5-4-10-12-11-5/h4,6,8H,1-3H2,(H,9,13)(H,10,11,12). The van der Waals surface area contributed by atoms with E-state index in [2.05, 4.69) is 26.0 Å². The van der Waals surface area contributed by atoms with Crippen LogP contribution in [0.5, 0.6) is 0 Å². The summed E-state index contributed by atoms with van der Waals surface area (Å²) in [6, 6.07) is -0.00750. The fraction of sp³-hybridized carbons (Fsp3) is 0.571. The topological polar surface area (TPSA) is 82.7 Å². The van der Waals surface area contributed by atoms with Crippen LogP contribution in [-0.2, 0) is 11.3 Å². The van der Waals surface area contributed by atoms with Crippen LogP contribution in [0.1, 0.15) is 12.1 Å². The van der Waals surface area contributed by atoms with Gasteiger partial charge in [0.05, 0.1) is 18.8 Å². The number of hydrogen-bond donors (Lipinski definition) is 3. The van der Waals surface area contributed by atoms with Crippen LogP contribution in [0.4, 0.5) is 0 Å². The number of carbonyl (C=O) groups excluding carboxylic acids is 1. The second-order valence-corrected chi connectivity index (χ2v) is 2.97. The molecule has 0 radical (unpaired) electrons. The maximum Gasteiger partial charge on any atom is 0.237 e. The number of aromatic nitrogens is 3. The third-order valence-electron chi connectivity index (χ3n) is 2.05. The van der Waals surface area contributed by atoms with Gasteiger partial charge in [-0.25, -0.2) is 0 Å². The Balaban J connectivity index is 1.76. The van der Waals surface area contributed by atoms with Gasteiger partial charge >= 0.3 is 0 Å². The van der Waals surface area contributed by atoms with Crippen molar-refractivity contribution in [2.45, 2.75) is 19.0 Å². The zero-order valence-corrected chi connectivity index (χ0v) is 7.08.